The van der Waals surface area contributed by atoms with E-state index in [0.717, 1.165) is 11.1 Å². The van der Waals surface area contributed by atoms with Crippen molar-refractivity contribution in [1.29, 1.82) is 0 Å². The third-order valence-electron chi connectivity index (χ3n) is 3.32. The first-order valence-corrected chi connectivity index (χ1v) is 8.19. The zero-order valence-corrected chi connectivity index (χ0v) is 15.5. The molecule has 0 spiro atoms. The van der Waals surface area contributed by atoms with Gasteiger partial charge in [-0.1, -0.05) is 24.1 Å². The van der Waals surface area contributed by atoms with E-state index in [1.165, 1.54) is 13.3 Å². The molecule has 5 nitrogen and oxygen atoms in total. The third-order valence-corrected chi connectivity index (χ3v) is 3.91. The molecule has 2 aromatic rings. The number of nitrogens with one attached hydrogen (secondary N) is 1. The van der Waals surface area contributed by atoms with E-state index < -0.39 is 0 Å². The Kier molecular flexibility index (Phi) is 6.61. The zero-order valence-electron chi connectivity index (χ0n) is 13.9. The summed E-state index contributed by atoms with van der Waals surface area (Å²) in [4.78, 5) is 12.1. The zero-order chi connectivity index (χ0) is 18.2. The van der Waals surface area contributed by atoms with Gasteiger partial charge in [0.25, 0.3) is 5.91 Å². The highest BCUT2D eigenvalue weighted by Crippen LogP contribution is 2.36. The summed E-state index contributed by atoms with van der Waals surface area (Å²) in [6.07, 6.45) is 6.73. The molecule has 0 aliphatic heterocycles. The number of hydrogen-bond acceptors (Lipinski definition) is 4. The maximum absolute atomic E-state index is 12.1. The molecular formula is C19H17BrN2O3. The minimum absolute atomic E-state index is 0.134. The summed E-state index contributed by atoms with van der Waals surface area (Å²) in [5.74, 6) is 3.16. The summed E-state index contributed by atoms with van der Waals surface area (Å²) in [6, 6.07) is 10.8. The van der Waals surface area contributed by atoms with E-state index in [9.17, 15) is 4.79 Å². The summed E-state index contributed by atoms with van der Waals surface area (Å²) in [6.45, 7) is 2.00. The topological polar surface area (TPSA) is 59.9 Å². The number of rotatable bonds is 6. The fraction of sp³-hybridized carbons (Fsp3) is 0.158. The molecule has 25 heavy (non-hydrogen) atoms. The van der Waals surface area contributed by atoms with Crippen LogP contribution >= 0.6 is 15.9 Å². The van der Waals surface area contributed by atoms with Crippen molar-refractivity contribution in [2.45, 2.75) is 6.92 Å². The van der Waals surface area contributed by atoms with Gasteiger partial charge in [0, 0.05) is 5.56 Å². The summed E-state index contributed by atoms with van der Waals surface area (Å²) in [5, 5.41) is 3.99. The molecule has 0 aromatic heterocycles. The predicted octanol–water partition coefficient (Wildman–Crippen LogP) is 3.54. The molecule has 0 atom stereocenters. The summed E-state index contributed by atoms with van der Waals surface area (Å²) >= 11 is 3.41. The lowest BCUT2D eigenvalue weighted by Crippen LogP contribution is -2.18. The number of aryl methyl sites for hydroxylation is 1. The van der Waals surface area contributed by atoms with Crippen LogP contribution in [0.25, 0.3) is 0 Å². The fourth-order valence-corrected chi connectivity index (χ4v) is 2.70. The normalized spacial score (nSPS) is 10.3. The number of carbonyl (C=O) groups excluding carboxylic acids is 1. The van der Waals surface area contributed by atoms with Gasteiger partial charge in [-0.05, 0) is 52.2 Å². The van der Waals surface area contributed by atoms with Crippen LogP contribution in [0.5, 0.6) is 11.5 Å². The van der Waals surface area contributed by atoms with Gasteiger partial charge in [0.15, 0.2) is 11.5 Å². The van der Waals surface area contributed by atoms with E-state index in [-0.39, 0.29) is 12.5 Å². The molecule has 0 unspecified atom stereocenters. The van der Waals surface area contributed by atoms with E-state index in [1.807, 2.05) is 25.1 Å². The van der Waals surface area contributed by atoms with Crippen LogP contribution < -0.4 is 14.9 Å². The number of amides is 1. The van der Waals surface area contributed by atoms with Crippen molar-refractivity contribution < 1.29 is 14.3 Å². The monoisotopic (exact) mass is 400 g/mol. The number of terminal acetylenes is 1. The highest BCUT2D eigenvalue weighted by atomic mass is 79.9. The molecule has 0 bridgehead atoms. The first kappa shape index (κ1) is 18.6. The quantitative estimate of drug-likeness (QED) is 0.458. The molecule has 128 valence electrons. The van der Waals surface area contributed by atoms with E-state index in [4.69, 9.17) is 15.9 Å². The maximum Gasteiger partial charge on any atom is 0.271 e. The van der Waals surface area contributed by atoms with Crippen molar-refractivity contribution in [2.24, 2.45) is 5.10 Å². The number of benzene rings is 2. The van der Waals surface area contributed by atoms with Crippen molar-refractivity contribution in [3.63, 3.8) is 0 Å². The Morgan fingerprint density at radius 1 is 1.40 bits per heavy atom. The minimum atomic E-state index is -0.269. The van der Waals surface area contributed by atoms with Gasteiger partial charge in [0.1, 0.15) is 6.61 Å². The number of hydrazone groups is 1. The Labute approximate surface area is 155 Å². The van der Waals surface area contributed by atoms with E-state index in [0.29, 0.717) is 21.5 Å². The molecule has 1 N–H and O–H groups in total. The maximum atomic E-state index is 12.1. The van der Waals surface area contributed by atoms with Crippen LogP contribution in [0.1, 0.15) is 21.5 Å². The van der Waals surface area contributed by atoms with Gasteiger partial charge >= 0.3 is 0 Å². The highest BCUT2D eigenvalue weighted by molar-refractivity contribution is 9.10. The Bertz CT molecular complexity index is 841. The smallest absolute Gasteiger partial charge is 0.271 e. The SMILES string of the molecule is C#CCOc1c(Br)cc(/C=N\NC(=O)c2ccccc2C)cc1OC. The largest absolute Gasteiger partial charge is 0.493 e. The second kappa shape index (κ2) is 8.90. The average molecular weight is 401 g/mol. The van der Waals surface area contributed by atoms with Crippen LogP contribution in [-0.4, -0.2) is 25.8 Å². The van der Waals surface area contributed by atoms with Crippen LogP contribution in [0.15, 0.2) is 46.0 Å². The van der Waals surface area contributed by atoms with E-state index in [2.05, 4.69) is 32.4 Å². The molecule has 0 heterocycles. The Balaban J connectivity index is 2.13. The van der Waals surface area contributed by atoms with E-state index >= 15 is 0 Å². The van der Waals surface area contributed by atoms with Crippen molar-refractivity contribution in [3.8, 4) is 23.8 Å². The number of nitrogens with zero attached hydrogens (tertiary/aromatic N) is 1. The third kappa shape index (κ3) is 4.85. The lowest BCUT2D eigenvalue weighted by molar-refractivity contribution is 0.0954. The number of methoxy groups -OCH3 is 1. The predicted molar refractivity (Wildman–Crippen MR) is 101 cm³/mol. The van der Waals surface area contributed by atoms with E-state index in [1.54, 1.807) is 18.2 Å². The molecule has 0 radical (unpaired) electrons. The van der Waals surface area contributed by atoms with Gasteiger partial charge in [0.05, 0.1) is 17.8 Å². The molecule has 6 heteroatoms. The first-order chi connectivity index (χ1) is 12.1. The number of halogens is 1. The average Bonchev–Trinajstić information content (AvgIpc) is 2.60. The Morgan fingerprint density at radius 3 is 2.84 bits per heavy atom. The first-order valence-electron chi connectivity index (χ1n) is 7.39. The fourth-order valence-electron chi connectivity index (χ4n) is 2.12. The molecule has 0 aliphatic carbocycles. The summed E-state index contributed by atoms with van der Waals surface area (Å²) < 4.78 is 11.4. The summed E-state index contributed by atoms with van der Waals surface area (Å²) in [7, 11) is 1.53. The molecule has 0 aliphatic rings. The van der Waals surface area contributed by atoms with Gasteiger partial charge in [-0.2, -0.15) is 5.10 Å². The molecule has 2 rings (SSSR count). The summed E-state index contributed by atoms with van der Waals surface area (Å²) in [5.41, 5.74) is 4.70. The molecular weight excluding hydrogens is 384 g/mol. The van der Waals surface area contributed by atoms with Gasteiger partial charge in [-0.3, -0.25) is 4.79 Å². The molecule has 0 saturated carbocycles. The van der Waals surface area contributed by atoms with Crippen LogP contribution in [0.3, 0.4) is 0 Å². The highest BCUT2D eigenvalue weighted by Gasteiger charge is 2.11. The second-order valence-corrected chi connectivity index (χ2v) is 5.90. The Hall–Kier alpha value is -2.78. The van der Waals surface area contributed by atoms with Crippen LogP contribution in [-0.2, 0) is 0 Å². The van der Waals surface area contributed by atoms with Gasteiger partial charge in [-0.25, -0.2) is 5.43 Å². The van der Waals surface area contributed by atoms with Crippen LogP contribution in [0.4, 0.5) is 0 Å². The van der Waals surface area contributed by atoms with Crippen molar-refractivity contribution in [2.75, 3.05) is 13.7 Å². The minimum Gasteiger partial charge on any atom is -0.493 e. The molecule has 1 amide bonds. The lowest BCUT2D eigenvalue weighted by atomic mass is 10.1. The standard InChI is InChI=1S/C19H17BrN2O3/c1-4-9-25-18-16(20)10-14(11-17(18)24-3)12-21-22-19(23)15-8-6-5-7-13(15)2/h1,5-8,10-12H,9H2,2-3H3,(H,22,23)/b21-12-. The van der Waals surface area contributed by atoms with Crippen molar-refractivity contribution in [3.05, 3.63) is 57.6 Å². The van der Waals surface area contributed by atoms with Gasteiger partial charge < -0.3 is 9.47 Å². The second-order valence-electron chi connectivity index (χ2n) is 5.04. The molecule has 2 aromatic carbocycles. The van der Waals surface area contributed by atoms with Gasteiger partial charge in [-0.15, -0.1) is 6.42 Å². The number of carbonyl (C=O) groups is 1. The number of hydrogen-bond donors (Lipinski definition) is 1. The van der Waals surface area contributed by atoms with Crippen molar-refractivity contribution in [1.82, 2.24) is 5.43 Å². The van der Waals surface area contributed by atoms with Crippen LogP contribution in [0.2, 0.25) is 0 Å². The van der Waals surface area contributed by atoms with Crippen molar-refractivity contribution >= 4 is 28.1 Å². The molecule has 0 fully saturated rings. The number of ether oxygens (including phenoxy) is 2. The van der Waals surface area contributed by atoms with Gasteiger partial charge in [0.2, 0.25) is 0 Å². The lowest BCUT2D eigenvalue weighted by Gasteiger charge is -2.11. The Morgan fingerprint density at radius 2 is 2.16 bits per heavy atom. The molecule has 0 saturated heterocycles. The van der Waals surface area contributed by atoms with Crippen LogP contribution in [0, 0.1) is 19.3 Å².